The topological polar surface area (TPSA) is 29.5 Å². The van der Waals surface area contributed by atoms with E-state index in [0.717, 1.165) is 5.56 Å². The van der Waals surface area contributed by atoms with Crippen molar-refractivity contribution in [2.45, 2.75) is 32.3 Å². The number of hydrogen-bond donors (Lipinski definition) is 1. The Morgan fingerprint density at radius 1 is 1.05 bits per heavy atom. The Bertz CT molecular complexity index is 612. The van der Waals surface area contributed by atoms with Crippen LogP contribution in [0.3, 0.4) is 0 Å². The number of aliphatic hydroxyl groups is 1. The molecule has 0 aliphatic heterocycles. The van der Waals surface area contributed by atoms with E-state index >= 15 is 0 Å². The Kier molecular flexibility index (Phi) is 4.60. The summed E-state index contributed by atoms with van der Waals surface area (Å²) in [5, 5.41) is 11.2. The fraction of sp³-hybridized carbons (Fsp3) is 0.333. The molecule has 1 atom stereocenters. The Morgan fingerprint density at radius 3 is 2.19 bits per heavy atom. The van der Waals surface area contributed by atoms with E-state index in [-0.39, 0.29) is 5.41 Å². The van der Waals surface area contributed by atoms with Crippen molar-refractivity contribution in [1.29, 1.82) is 0 Å². The minimum absolute atomic E-state index is 0.0987. The zero-order chi connectivity index (χ0) is 15.6. The molecule has 0 heterocycles. The van der Waals surface area contributed by atoms with Crippen LogP contribution in [0.25, 0.3) is 0 Å². The van der Waals surface area contributed by atoms with Crippen molar-refractivity contribution in [2.24, 2.45) is 0 Å². The first-order chi connectivity index (χ1) is 9.82. The monoisotopic (exact) mass is 304 g/mol. The molecule has 0 amide bonds. The van der Waals surface area contributed by atoms with E-state index in [1.807, 2.05) is 12.1 Å². The zero-order valence-corrected chi connectivity index (χ0v) is 13.6. The lowest BCUT2D eigenvalue weighted by Gasteiger charge is -2.20. The third-order valence-electron chi connectivity index (χ3n) is 3.58. The van der Waals surface area contributed by atoms with Crippen LogP contribution in [0.5, 0.6) is 5.75 Å². The van der Waals surface area contributed by atoms with Gasteiger partial charge in [0, 0.05) is 10.6 Å². The van der Waals surface area contributed by atoms with Crippen LogP contribution in [0.4, 0.5) is 0 Å². The second-order valence-electron chi connectivity index (χ2n) is 6.16. The van der Waals surface area contributed by atoms with Crippen LogP contribution in [0.15, 0.2) is 42.5 Å². The van der Waals surface area contributed by atoms with Gasteiger partial charge >= 0.3 is 0 Å². The van der Waals surface area contributed by atoms with Crippen molar-refractivity contribution in [3.8, 4) is 5.75 Å². The molecule has 1 N–H and O–H groups in total. The first-order valence-corrected chi connectivity index (χ1v) is 7.32. The van der Waals surface area contributed by atoms with Crippen molar-refractivity contribution in [3.05, 3.63) is 64.2 Å². The molecule has 2 aromatic carbocycles. The van der Waals surface area contributed by atoms with Crippen molar-refractivity contribution in [1.82, 2.24) is 0 Å². The fourth-order valence-electron chi connectivity index (χ4n) is 2.26. The van der Waals surface area contributed by atoms with Gasteiger partial charge in [-0.15, -0.1) is 0 Å². The van der Waals surface area contributed by atoms with Crippen LogP contribution in [-0.4, -0.2) is 12.2 Å². The van der Waals surface area contributed by atoms with E-state index in [1.54, 1.807) is 25.3 Å². The van der Waals surface area contributed by atoms with Gasteiger partial charge in [-0.05, 0) is 28.7 Å². The first kappa shape index (κ1) is 15.9. The van der Waals surface area contributed by atoms with E-state index < -0.39 is 6.10 Å². The highest BCUT2D eigenvalue weighted by Crippen LogP contribution is 2.33. The maximum Gasteiger partial charge on any atom is 0.126 e. The molecule has 0 aromatic heterocycles. The molecule has 112 valence electrons. The molecular weight excluding hydrogens is 284 g/mol. The average molecular weight is 305 g/mol. The van der Waals surface area contributed by atoms with Crippen LogP contribution in [0.1, 0.15) is 43.6 Å². The fourth-order valence-corrected chi connectivity index (χ4v) is 2.42. The van der Waals surface area contributed by atoms with E-state index in [2.05, 4.69) is 32.9 Å². The SMILES string of the molecule is COc1cc(Cl)ccc1C(O)c1ccc(C(C)(C)C)cc1. The average Bonchev–Trinajstić information content (AvgIpc) is 2.45. The minimum atomic E-state index is -0.730. The van der Waals surface area contributed by atoms with E-state index in [9.17, 15) is 5.11 Å². The number of aliphatic hydroxyl groups excluding tert-OH is 1. The zero-order valence-electron chi connectivity index (χ0n) is 12.9. The molecule has 2 nitrogen and oxygen atoms in total. The molecule has 2 aromatic rings. The van der Waals surface area contributed by atoms with Gasteiger partial charge in [-0.2, -0.15) is 0 Å². The van der Waals surface area contributed by atoms with Crippen LogP contribution in [0, 0.1) is 0 Å². The van der Waals surface area contributed by atoms with Gasteiger partial charge in [-0.25, -0.2) is 0 Å². The van der Waals surface area contributed by atoms with Gasteiger partial charge in [0.1, 0.15) is 11.9 Å². The van der Waals surface area contributed by atoms with Gasteiger partial charge in [0.2, 0.25) is 0 Å². The Labute approximate surface area is 131 Å². The number of rotatable bonds is 3. The maximum absolute atomic E-state index is 10.6. The second kappa shape index (κ2) is 6.08. The third-order valence-corrected chi connectivity index (χ3v) is 3.82. The largest absolute Gasteiger partial charge is 0.496 e. The van der Waals surface area contributed by atoms with Crippen molar-refractivity contribution in [2.75, 3.05) is 7.11 Å². The summed E-state index contributed by atoms with van der Waals surface area (Å²) in [5.41, 5.74) is 2.89. The highest BCUT2D eigenvalue weighted by atomic mass is 35.5. The number of hydrogen-bond acceptors (Lipinski definition) is 2. The van der Waals surface area contributed by atoms with Gasteiger partial charge in [-0.1, -0.05) is 62.7 Å². The van der Waals surface area contributed by atoms with Crippen LogP contribution in [0.2, 0.25) is 5.02 Å². The van der Waals surface area contributed by atoms with Crippen LogP contribution < -0.4 is 4.74 Å². The van der Waals surface area contributed by atoms with E-state index in [0.29, 0.717) is 16.3 Å². The summed E-state index contributed by atoms with van der Waals surface area (Å²) in [6.07, 6.45) is -0.730. The summed E-state index contributed by atoms with van der Waals surface area (Å²) in [7, 11) is 1.57. The van der Waals surface area contributed by atoms with E-state index in [4.69, 9.17) is 16.3 Å². The van der Waals surface area contributed by atoms with Crippen molar-refractivity contribution in [3.63, 3.8) is 0 Å². The highest BCUT2D eigenvalue weighted by Gasteiger charge is 2.18. The Balaban J connectivity index is 2.34. The first-order valence-electron chi connectivity index (χ1n) is 6.95. The summed E-state index contributed by atoms with van der Waals surface area (Å²) < 4.78 is 5.30. The number of benzene rings is 2. The molecule has 0 saturated carbocycles. The van der Waals surface area contributed by atoms with E-state index in [1.165, 1.54) is 5.56 Å². The Hall–Kier alpha value is -1.51. The standard InChI is InChI=1S/C18H21ClO2/c1-18(2,3)13-7-5-12(6-8-13)17(20)15-10-9-14(19)11-16(15)21-4/h5-11,17,20H,1-4H3. The van der Waals surface area contributed by atoms with Gasteiger partial charge in [-0.3, -0.25) is 0 Å². The van der Waals surface area contributed by atoms with Gasteiger partial charge in [0.05, 0.1) is 7.11 Å². The molecular formula is C18H21ClO2. The predicted octanol–water partition coefficient (Wildman–Crippen LogP) is 4.73. The molecule has 0 fully saturated rings. The molecule has 2 rings (SSSR count). The van der Waals surface area contributed by atoms with Gasteiger partial charge in [0.15, 0.2) is 0 Å². The molecule has 0 spiro atoms. The molecule has 0 aliphatic carbocycles. The number of methoxy groups -OCH3 is 1. The summed E-state index contributed by atoms with van der Waals surface area (Å²) >= 11 is 5.96. The number of halogens is 1. The summed E-state index contributed by atoms with van der Waals surface area (Å²) in [5.74, 6) is 0.592. The molecule has 0 saturated heterocycles. The second-order valence-corrected chi connectivity index (χ2v) is 6.60. The molecule has 1 unspecified atom stereocenters. The van der Waals surface area contributed by atoms with Gasteiger partial charge in [0.25, 0.3) is 0 Å². The predicted molar refractivity (Wildman–Crippen MR) is 87.2 cm³/mol. The molecule has 0 radical (unpaired) electrons. The molecule has 21 heavy (non-hydrogen) atoms. The van der Waals surface area contributed by atoms with Gasteiger partial charge < -0.3 is 9.84 Å². The smallest absolute Gasteiger partial charge is 0.126 e. The lowest BCUT2D eigenvalue weighted by Crippen LogP contribution is -2.11. The molecule has 3 heteroatoms. The van der Waals surface area contributed by atoms with Crippen LogP contribution in [-0.2, 0) is 5.41 Å². The number of ether oxygens (including phenoxy) is 1. The van der Waals surface area contributed by atoms with Crippen molar-refractivity contribution < 1.29 is 9.84 Å². The summed E-state index contributed by atoms with van der Waals surface area (Å²) in [6, 6.07) is 13.3. The van der Waals surface area contributed by atoms with Crippen molar-refractivity contribution >= 4 is 11.6 Å². The quantitative estimate of drug-likeness (QED) is 0.888. The molecule has 0 bridgehead atoms. The third kappa shape index (κ3) is 3.58. The molecule has 0 aliphatic rings. The Morgan fingerprint density at radius 2 is 1.67 bits per heavy atom. The lowest BCUT2D eigenvalue weighted by molar-refractivity contribution is 0.214. The summed E-state index contributed by atoms with van der Waals surface area (Å²) in [4.78, 5) is 0. The normalized spacial score (nSPS) is 13.0. The highest BCUT2D eigenvalue weighted by molar-refractivity contribution is 6.30. The maximum atomic E-state index is 10.6. The summed E-state index contributed by atoms with van der Waals surface area (Å²) in [6.45, 7) is 6.50. The minimum Gasteiger partial charge on any atom is -0.496 e. The van der Waals surface area contributed by atoms with Crippen LogP contribution >= 0.6 is 11.6 Å². The lowest BCUT2D eigenvalue weighted by atomic mass is 9.86.